The lowest BCUT2D eigenvalue weighted by Crippen LogP contribution is -2.26. The van der Waals surface area contributed by atoms with E-state index in [1.54, 1.807) is 47.1 Å². The van der Waals surface area contributed by atoms with Crippen LogP contribution in [0.25, 0.3) is 15.9 Å². The van der Waals surface area contributed by atoms with Gasteiger partial charge in [0.05, 0.1) is 16.3 Å². The van der Waals surface area contributed by atoms with Gasteiger partial charge in [0.2, 0.25) is 5.91 Å². The standard InChI is InChI=1S/C19H18ClN3O2S2/c1-10(16(21)24)26-19-22-17-15(13-4-2-3-5-14(13)27-17)18(25)23(19)12-8-6-11(20)7-9-12/h6-10H,2-5H2,1H3,(H2,21,24). The quantitative estimate of drug-likeness (QED) is 0.513. The second-order valence-electron chi connectivity index (χ2n) is 6.56. The number of fused-ring (bicyclic) bond motifs is 3. The van der Waals surface area contributed by atoms with Crippen LogP contribution < -0.4 is 11.3 Å². The van der Waals surface area contributed by atoms with Crippen LogP contribution in [0.3, 0.4) is 0 Å². The van der Waals surface area contributed by atoms with Gasteiger partial charge < -0.3 is 5.73 Å². The van der Waals surface area contributed by atoms with Crippen molar-refractivity contribution in [3.63, 3.8) is 0 Å². The second kappa shape index (κ2) is 7.30. The molecule has 27 heavy (non-hydrogen) atoms. The summed E-state index contributed by atoms with van der Waals surface area (Å²) in [4.78, 5) is 31.8. The van der Waals surface area contributed by atoms with Crippen molar-refractivity contribution in [2.75, 3.05) is 0 Å². The molecular weight excluding hydrogens is 402 g/mol. The molecule has 140 valence electrons. The maximum Gasteiger partial charge on any atom is 0.267 e. The van der Waals surface area contributed by atoms with Crippen LogP contribution in [-0.4, -0.2) is 20.7 Å². The Morgan fingerprint density at radius 2 is 2.00 bits per heavy atom. The normalized spacial score (nSPS) is 14.9. The molecule has 0 radical (unpaired) electrons. The van der Waals surface area contributed by atoms with E-state index in [1.807, 2.05) is 0 Å². The largest absolute Gasteiger partial charge is 0.369 e. The van der Waals surface area contributed by atoms with Gasteiger partial charge in [-0.1, -0.05) is 23.4 Å². The first-order chi connectivity index (χ1) is 13.0. The lowest BCUT2D eigenvalue weighted by atomic mass is 9.97. The monoisotopic (exact) mass is 419 g/mol. The predicted octanol–water partition coefficient (Wildman–Crippen LogP) is 3.95. The minimum atomic E-state index is -0.498. The van der Waals surface area contributed by atoms with Crippen LogP contribution in [-0.2, 0) is 17.6 Å². The van der Waals surface area contributed by atoms with Crippen LogP contribution in [0.2, 0.25) is 5.02 Å². The van der Waals surface area contributed by atoms with Gasteiger partial charge in [0, 0.05) is 9.90 Å². The SMILES string of the molecule is CC(Sc1nc2sc3c(c2c(=O)n1-c1ccc(Cl)cc1)CCCC3)C(N)=O. The molecule has 1 aliphatic rings. The Balaban J connectivity index is 1.98. The number of amides is 1. The molecule has 0 saturated heterocycles. The van der Waals surface area contributed by atoms with Crippen LogP contribution in [0.5, 0.6) is 0 Å². The molecule has 2 aromatic heterocycles. The van der Waals surface area contributed by atoms with E-state index >= 15 is 0 Å². The van der Waals surface area contributed by atoms with E-state index in [0.29, 0.717) is 21.3 Å². The van der Waals surface area contributed by atoms with Crippen molar-refractivity contribution in [1.29, 1.82) is 0 Å². The maximum atomic E-state index is 13.5. The molecule has 4 rings (SSSR count). The third kappa shape index (κ3) is 3.39. The molecule has 1 aromatic carbocycles. The summed E-state index contributed by atoms with van der Waals surface area (Å²) in [5.41, 5.74) is 7.15. The zero-order chi connectivity index (χ0) is 19.1. The molecule has 0 aliphatic heterocycles. The lowest BCUT2D eigenvalue weighted by Gasteiger charge is -2.15. The first-order valence-electron chi connectivity index (χ1n) is 8.75. The summed E-state index contributed by atoms with van der Waals surface area (Å²) >= 11 is 8.81. The Labute approximate surface area is 169 Å². The van der Waals surface area contributed by atoms with Crippen molar-refractivity contribution in [3.05, 3.63) is 50.1 Å². The van der Waals surface area contributed by atoms with Crippen LogP contribution in [0.15, 0.2) is 34.2 Å². The molecule has 2 N–H and O–H groups in total. The number of aromatic nitrogens is 2. The molecule has 3 aromatic rings. The Bertz CT molecular complexity index is 1090. The predicted molar refractivity (Wildman–Crippen MR) is 111 cm³/mol. The lowest BCUT2D eigenvalue weighted by molar-refractivity contribution is -0.117. The first-order valence-corrected chi connectivity index (χ1v) is 10.8. The number of hydrogen-bond acceptors (Lipinski definition) is 5. The van der Waals surface area contributed by atoms with Crippen molar-refractivity contribution < 1.29 is 4.79 Å². The molecule has 1 amide bonds. The van der Waals surface area contributed by atoms with E-state index in [1.165, 1.54) is 16.6 Å². The highest BCUT2D eigenvalue weighted by Crippen LogP contribution is 2.35. The molecular formula is C19H18ClN3O2S2. The Morgan fingerprint density at radius 3 is 2.70 bits per heavy atom. The highest BCUT2D eigenvalue weighted by atomic mass is 35.5. The second-order valence-corrected chi connectivity index (χ2v) is 9.39. The van der Waals surface area contributed by atoms with Crippen molar-refractivity contribution in [2.45, 2.75) is 43.0 Å². The van der Waals surface area contributed by atoms with Gasteiger partial charge in [0.15, 0.2) is 5.16 Å². The topological polar surface area (TPSA) is 78.0 Å². The molecule has 0 bridgehead atoms. The zero-order valence-electron chi connectivity index (χ0n) is 14.7. The van der Waals surface area contributed by atoms with Gasteiger partial charge in [-0.2, -0.15) is 0 Å². The third-order valence-electron chi connectivity index (χ3n) is 4.73. The maximum absolute atomic E-state index is 13.5. The molecule has 0 spiro atoms. The molecule has 0 fully saturated rings. The van der Waals surface area contributed by atoms with E-state index < -0.39 is 11.2 Å². The van der Waals surface area contributed by atoms with Gasteiger partial charge in [-0.3, -0.25) is 14.2 Å². The number of rotatable bonds is 4. The summed E-state index contributed by atoms with van der Waals surface area (Å²) in [5.74, 6) is -0.442. The van der Waals surface area contributed by atoms with E-state index in [2.05, 4.69) is 0 Å². The smallest absolute Gasteiger partial charge is 0.267 e. The molecule has 5 nitrogen and oxygen atoms in total. The van der Waals surface area contributed by atoms with Crippen LogP contribution >= 0.6 is 34.7 Å². The summed E-state index contributed by atoms with van der Waals surface area (Å²) in [7, 11) is 0. The number of halogens is 1. The van der Waals surface area contributed by atoms with Crippen molar-refractivity contribution >= 4 is 50.8 Å². The van der Waals surface area contributed by atoms with Crippen LogP contribution in [0, 0.1) is 0 Å². The fourth-order valence-electron chi connectivity index (χ4n) is 3.30. The zero-order valence-corrected chi connectivity index (χ0v) is 17.1. The van der Waals surface area contributed by atoms with Gasteiger partial charge in [0.25, 0.3) is 5.56 Å². The summed E-state index contributed by atoms with van der Waals surface area (Å²) in [6.45, 7) is 1.72. The van der Waals surface area contributed by atoms with Crippen LogP contribution in [0.4, 0.5) is 0 Å². The molecule has 8 heteroatoms. The number of hydrogen-bond donors (Lipinski definition) is 1. The van der Waals surface area contributed by atoms with E-state index in [0.717, 1.165) is 36.1 Å². The molecule has 0 saturated carbocycles. The summed E-state index contributed by atoms with van der Waals surface area (Å²) in [6, 6.07) is 7.05. The highest BCUT2D eigenvalue weighted by molar-refractivity contribution is 8.00. The van der Waals surface area contributed by atoms with Crippen molar-refractivity contribution in [1.82, 2.24) is 9.55 Å². The Morgan fingerprint density at radius 1 is 1.30 bits per heavy atom. The van der Waals surface area contributed by atoms with Crippen molar-refractivity contribution in [2.24, 2.45) is 5.73 Å². The Kier molecular flexibility index (Phi) is 5.01. The number of thiophene rings is 1. The van der Waals surface area contributed by atoms with Crippen molar-refractivity contribution in [3.8, 4) is 5.69 Å². The molecule has 1 aliphatic carbocycles. The molecule has 1 unspecified atom stereocenters. The minimum absolute atomic E-state index is 0.0964. The number of nitrogens with zero attached hydrogens (tertiary/aromatic N) is 2. The summed E-state index contributed by atoms with van der Waals surface area (Å²) < 4.78 is 1.57. The highest BCUT2D eigenvalue weighted by Gasteiger charge is 2.24. The number of benzene rings is 1. The van der Waals surface area contributed by atoms with Gasteiger partial charge >= 0.3 is 0 Å². The van der Waals surface area contributed by atoms with Gasteiger partial charge in [-0.15, -0.1) is 11.3 Å². The third-order valence-corrected chi connectivity index (χ3v) is 7.23. The number of carbonyl (C=O) groups excluding carboxylic acids is 1. The van der Waals surface area contributed by atoms with Gasteiger partial charge in [-0.25, -0.2) is 4.98 Å². The minimum Gasteiger partial charge on any atom is -0.369 e. The molecule has 2 heterocycles. The first kappa shape index (κ1) is 18.5. The van der Waals surface area contributed by atoms with E-state index in [-0.39, 0.29) is 5.56 Å². The fourth-order valence-corrected chi connectivity index (χ4v) is 5.61. The summed E-state index contributed by atoms with van der Waals surface area (Å²) in [5, 5.41) is 1.27. The fraction of sp³-hybridized carbons (Fsp3) is 0.316. The summed E-state index contributed by atoms with van der Waals surface area (Å²) in [6.07, 6.45) is 4.15. The number of carbonyl (C=O) groups is 1. The number of primary amides is 1. The van der Waals surface area contributed by atoms with Crippen LogP contribution in [0.1, 0.15) is 30.2 Å². The number of aryl methyl sites for hydroxylation is 2. The Hall–Kier alpha value is -1.83. The van der Waals surface area contributed by atoms with Gasteiger partial charge in [0.1, 0.15) is 4.83 Å². The van der Waals surface area contributed by atoms with Gasteiger partial charge in [-0.05, 0) is 62.4 Å². The van der Waals surface area contributed by atoms with E-state index in [9.17, 15) is 9.59 Å². The van der Waals surface area contributed by atoms with E-state index in [4.69, 9.17) is 22.3 Å². The molecule has 1 atom stereocenters. The number of thioether (sulfide) groups is 1. The average Bonchev–Trinajstić information content (AvgIpc) is 3.01. The number of nitrogens with two attached hydrogens (primary N) is 1. The average molecular weight is 420 g/mol.